The molecule has 1 aromatic heterocycles. The number of ether oxygens (including phenoxy) is 1. The molecule has 1 heterocycles. The molecule has 0 saturated carbocycles. The quantitative estimate of drug-likeness (QED) is 0.697. The van der Waals surface area contributed by atoms with E-state index >= 15 is 0 Å². The van der Waals surface area contributed by atoms with Crippen molar-refractivity contribution < 1.29 is 9.53 Å². The fourth-order valence-electron chi connectivity index (χ4n) is 2.05. The molecule has 1 atom stereocenters. The summed E-state index contributed by atoms with van der Waals surface area (Å²) in [4.78, 5) is 16.7. The molecule has 0 bridgehead atoms. The van der Waals surface area contributed by atoms with Crippen LogP contribution in [-0.2, 0) is 4.79 Å². The minimum atomic E-state index is -0.917. The van der Waals surface area contributed by atoms with Crippen molar-refractivity contribution in [1.82, 2.24) is 4.98 Å². The van der Waals surface area contributed by atoms with Gasteiger partial charge < -0.3 is 4.74 Å². The highest BCUT2D eigenvalue weighted by molar-refractivity contribution is 7.18. The lowest BCUT2D eigenvalue weighted by molar-refractivity contribution is -0.121. The van der Waals surface area contributed by atoms with E-state index in [0.29, 0.717) is 15.8 Å². The van der Waals surface area contributed by atoms with Crippen molar-refractivity contribution in [1.29, 1.82) is 5.26 Å². The Labute approximate surface area is 141 Å². The van der Waals surface area contributed by atoms with Gasteiger partial charge in [0, 0.05) is 5.02 Å². The minimum Gasteiger partial charge on any atom is -0.486 e. The maximum Gasteiger partial charge on any atom is 0.194 e. The summed E-state index contributed by atoms with van der Waals surface area (Å²) in [7, 11) is 0. The molecular formula is C17H11ClN2O2S. The number of ketones is 1. The molecule has 0 spiro atoms. The molecule has 23 heavy (non-hydrogen) atoms. The van der Waals surface area contributed by atoms with Crippen molar-refractivity contribution in [3.05, 3.63) is 58.6 Å². The molecule has 4 nitrogen and oxygen atoms in total. The Bertz CT molecular complexity index is 850. The van der Waals surface area contributed by atoms with Gasteiger partial charge in [-0.3, -0.25) is 4.79 Å². The molecule has 1 unspecified atom stereocenters. The van der Waals surface area contributed by atoms with Crippen LogP contribution in [0.2, 0.25) is 5.02 Å². The van der Waals surface area contributed by atoms with Gasteiger partial charge in [-0.15, -0.1) is 11.3 Å². The van der Waals surface area contributed by atoms with E-state index in [9.17, 15) is 10.1 Å². The van der Waals surface area contributed by atoms with Crippen LogP contribution in [0.25, 0.3) is 10.2 Å². The zero-order valence-electron chi connectivity index (χ0n) is 11.9. The second-order valence-corrected chi connectivity index (χ2v) is 6.29. The van der Waals surface area contributed by atoms with Crippen molar-refractivity contribution in [2.24, 2.45) is 0 Å². The number of nitrogens with zero attached hydrogens (tertiary/aromatic N) is 2. The number of thiazole rings is 1. The summed E-state index contributed by atoms with van der Waals surface area (Å²) in [5.74, 6) is -0.704. The maximum absolute atomic E-state index is 12.3. The first-order chi connectivity index (χ1) is 11.2. The van der Waals surface area contributed by atoms with Crippen LogP contribution in [0.3, 0.4) is 0 Å². The van der Waals surface area contributed by atoms with E-state index < -0.39 is 5.92 Å². The second kappa shape index (κ2) is 6.78. The average molecular weight is 343 g/mol. The molecule has 0 N–H and O–H groups in total. The summed E-state index contributed by atoms with van der Waals surface area (Å²) in [6.07, 6.45) is 0. The number of carbonyl (C=O) groups excluding carboxylic acids is 1. The lowest BCUT2D eigenvalue weighted by Crippen LogP contribution is -2.18. The fraction of sp³-hybridized carbons (Fsp3) is 0.118. The van der Waals surface area contributed by atoms with Crippen molar-refractivity contribution in [2.75, 3.05) is 6.61 Å². The van der Waals surface area contributed by atoms with Crippen LogP contribution in [0.5, 0.6) is 5.75 Å². The van der Waals surface area contributed by atoms with Crippen molar-refractivity contribution >= 4 is 38.9 Å². The summed E-state index contributed by atoms with van der Waals surface area (Å²) in [6.45, 7) is -0.185. The number of benzene rings is 2. The van der Waals surface area contributed by atoms with E-state index in [1.165, 1.54) is 11.3 Å². The summed E-state index contributed by atoms with van der Waals surface area (Å²) >= 11 is 7.15. The van der Waals surface area contributed by atoms with Crippen LogP contribution >= 0.6 is 22.9 Å². The first-order valence-corrected chi connectivity index (χ1v) is 8.03. The SMILES string of the molecule is N#CC(C(=O)COc1ccc(Cl)cc1)c1nc2ccccc2s1. The molecular weight excluding hydrogens is 332 g/mol. The third-order valence-corrected chi connectivity index (χ3v) is 4.56. The highest BCUT2D eigenvalue weighted by Crippen LogP contribution is 2.28. The Kier molecular flexibility index (Phi) is 4.56. The monoisotopic (exact) mass is 342 g/mol. The van der Waals surface area contributed by atoms with Crippen molar-refractivity contribution in [2.45, 2.75) is 5.92 Å². The number of Topliss-reactive ketones (excluding diaryl/α,β-unsaturated/α-hetero) is 1. The van der Waals surface area contributed by atoms with Gasteiger partial charge in [-0.2, -0.15) is 5.26 Å². The molecule has 3 rings (SSSR count). The van der Waals surface area contributed by atoms with Gasteiger partial charge >= 0.3 is 0 Å². The van der Waals surface area contributed by atoms with Gasteiger partial charge in [0.05, 0.1) is 16.3 Å². The van der Waals surface area contributed by atoms with Crippen LogP contribution in [0.15, 0.2) is 48.5 Å². The number of hydrogen-bond acceptors (Lipinski definition) is 5. The molecule has 114 valence electrons. The van der Waals surface area contributed by atoms with Gasteiger partial charge in [-0.25, -0.2) is 4.98 Å². The normalized spacial score (nSPS) is 11.8. The Morgan fingerprint density at radius 1 is 1.26 bits per heavy atom. The molecule has 0 aliphatic rings. The first kappa shape index (κ1) is 15.5. The molecule has 0 amide bonds. The first-order valence-electron chi connectivity index (χ1n) is 6.83. The molecule has 2 aromatic carbocycles. The van der Waals surface area contributed by atoms with E-state index in [1.807, 2.05) is 30.3 Å². The van der Waals surface area contributed by atoms with Crippen LogP contribution < -0.4 is 4.74 Å². The lowest BCUT2D eigenvalue weighted by atomic mass is 10.1. The number of hydrogen-bond donors (Lipinski definition) is 0. The van der Waals surface area contributed by atoms with Gasteiger partial charge in [0.1, 0.15) is 17.4 Å². The topological polar surface area (TPSA) is 63.0 Å². The van der Waals surface area contributed by atoms with E-state index in [4.69, 9.17) is 16.3 Å². The highest BCUT2D eigenvalue weighted by Gasteiger charge is 2.24. The molecule has 3 aromatic rings. The Morgan fingerprint density at radius 2 is 2.00 bits per heavy atom. The van der Waals surface area contributed by atoms with Gasteiger partial charge in [0.15, 0.2) is 11.7 Å². The molecule has 0 saturated heterocycles. The standard InChI is InChI=1S/C17H11ClN2O2S/c18-11-5-7-12(8-6-11)22-10-15(21)13(9-19)17-20-14-3-1-2-4-16(14)23-17/h1-8,13H,10H2. The summed E-state index contributed by atoms with van der Waals surface area (Å²) in [6, 6.07) is 16.3. The van der Waals surface area contributed by atoms with Crippen molar-refractivity contribution in [3.8, 4) is 11.8 Å². The number of carbonyl (C=O) groups is 1. The molecule has 0 aliphatic heterocycles. The Morgan fingerprint density at radius 3 is 2.70 bits per heavy atom. The van der Waals surface area contributed by atoms with E-state index in [-0.39, 0.29) is 12.4 Å². The van der Waals surface area contributed by atoms with Crippen LogP contribution in [0.1, 0.15) is 10.9 Å². The van der Waals surface area contributed by atoms with E-state index in [2.05, 4.69) is 4.98 Å². The third-order valence-electron chi connectivity index (χ3n) is 3.20. The number of nitriles is 1. The lowest BCUT2D eigenvalue weighted by Gasteiger charge is -2.07. The van der Waals surface area contributed by atoms with Crippen molar-refractivity contribution in [3.63, 3.8) is 0 Å². The van der Waals surface area contributed by atoms with Crippen LogP contribution in [0.4, 0.5) is 0 Å². The van der Waals surface area contributed by atoms with E-state index in [1.54, 1.807) is 24.3 Å². The molecule has 0 fully saturated rings. The summed E-state index contributed by atoms with van der Waals surface area (Å²) in [5.41, 5.74) is 0.791. The Hall–Kier alpha value is -2.42. The average Bonchev–Trinajstić information content (AvgIpc) is 2.98. The number of halogens is 1. The zero-order valence-corrected chi connectivity index (χ0v) is 13.5. The predicted octanol–water partition coefficient (Wildman–Crippen LogP) is 4.20. The van der Waals surface area contributed by atoms with Gasteiger partial charge in [0.2, 0.25) is 0 Å². The number of fused-ring (bicyclic) bond motifs is 1. The summed E-state index contributed by atoms with van der Waals surface area (Å²) < 4.78 is 6.37. The number of rotatable bonds is 5. The smallest absolute Gasteiger partial charge is 0.194 e. The van der Waals surface area contributed by atoms with Crippen LogP contribution in [0, 0.1) is 11.3 Å². The number of para-hydroxylation sites is 1. The largest absolute Gasteiger partial charge is 0.486 e. The fourth-order valence-corrected chi connectivity index (χ4v) is 3.21. The molecule has 0 radical (unpaired) electrons. The van der Waals surface area contributed by atoms with E-state index in [0.717, 1.165) is 10.2 Å². The third kappa shape index (κ3) is 3.50. The molecule has 0 aliphatic carbocycles. The molecule has 6 heteroatoms. The predicted molar refractivity (Wildman–Crippen MR) is 89.9 cm³/mol. The van der Waals surface area contributed by atoms with Crippen LogP contribution in [-0.4, -0.2) is 17.4 Å². The minimum absolute atomic E-state index is 0.185. The van der Waals surface area contributed by atoms with Gasteiger partial charge in [0.25, 0.3) is 0 Å². The van der Waals surface area contributed by atoms with Gasteiger partial charge in [-0.05, 0) is 36.4 Å². The second-order valence-electron chi connectivity index (χ2n) is 4.79. The van der Waals surface area contributed by atoms with Gasteiger partial charge in [-0.1, -0.05) is 23.7 Å². The Balaban J connectivity index is 1.73. The maximum atomic E-state index is 12.3. The number of aromatic nitrogens is 1. The summed E-state index contributed by atoms with van der Waals surface area (Å²) in [5, 5.41) is 10.4. The zero-order chi connectivity index (χ0) is 16.2. The highest BCUT2D eigenvalue weighted by atomic mass is 35.5.